The fourth-order valence-corrected chi connectivity index (χ4v) is 5.14. The molecule has 2 aromatic rings. The highest BCUT2D eigenvalue weighted by atomic mass is 19.1. The molecule has 0 unspecified atom stereocenters. The van der Waals surface area contributed by atoms with Crippen LogP contribution < -0.4 is 10.6 Å². The largest absolute Gasteiger partial charge is 0.368 e. The molecule has 10 heteroatoms. The van der Waals surface area contributed by atoms with E-state index in [9.17, 15) is 8.78 Å². The first-order chi connectivity index (χ1) is 17.3. The maximum atomic E-state index is 13.9. The van der Waals surface area contributed by atoms with Crippen molar-refractivity contribution in [1.82, 2.24) is 20.4 Å². The molecule has 2 N–H and O–H groups in total. The van der Waals surface area contributed by atoms with Crippen LogP contribution in [-0.4, -0.2) is 59.0 Å². The summed E-state index contributed by atoms with van der Waals surface area (Å²) in [6.07, 6.45) is 5.48. The lowest BCUT2D eigenvalue weighted by Crippen LogP contribution is -2.44. The number of rotatable bonds is 11. The molecule has 0 bridgehead atoms. The zero-order valence-electron chi connectivity index (χ0n) is 20.8. The van der Waals surface area contributed by atoms with Crippen molar-refractivity contribution < 1.29 is 8.78 Å². The number of allylic oxidation sites excluding steroid dienone is 2. The molecule has 2 aliphatic rings. The highest BCUT2D eigenvalue weighted by Gasteiger charge is 2.43. The number of hydrogen-bond acceptors (Lipinski definition) is 8. The van der Waals surface area contributed by atoms with Gasteiger partial charge in [-0.1, -0.05) is 26.0 Å². The molecule has 190 valence electrons. The van der Waals surface area contributed by atoms with Crippen molar-refractivity contribution in [1.29, 1.82) is 0 Å². The quantitative estimate of drug-likeness (QED) is 0.416. The number of anilines is 2. The maximum absolute atomic E-state index is 13.9. The highest BCUT2D eigenvalue weighted by molar-refractivity contribution is 6.03. The highest BCUT2D eigenvalue weighted by Crippen LogP contribution is 2.45. The number of aliphatic imine (C=N–C) groups is 2. The fraction of sp³-hybridized carbons (Fsp3) is 0.462. The summed E-state index contributed by atoms with van der Waals surface area (Å²) in [7, 11) is 3.19. The van der Waals surface area contributed by atoms with Crippen LogP contribution in [0.15, 0.2) is 59.1 Å². The third kappa shape index (κ3) is 5.03. The van der Waals surface area contributed by atoms with Crippen LogP contribution in [0.3, 0.4) is 0 Å². The molecule has 2 fully saturated rings. The summed E-state index contributed by atoms with van der Waals surface area (Å²) in [6, 6.07) is 7.24. The molecule has 2 heterocycles. The van der Waals surface area contributed by atoms with Gasteiger partial charge in [0.2, 0.25) is 0 Å². The second kappa shape index (κ2) is 10.6. The van der Waals surface area contributed by atoms with E-state index >= 15 is 0 Å². The molecule has 2 saturated carbocycles. The summed E-state index contributed by atoms with van der Waals surface area (Å²) in [5, 5.41) is 23.5. The van der Waals surface area contributed by atoms with E-state index in [2.05, 4.69) is 54.2 Å². The molecule has 0 amide bonds. The Hall–Kier alpha value is -3.56. The van der Waals surface area contributed by atoms with Gasteiger partial charge in [-0.25, -0.2) is 8.78 Å². The Morgan fingerprint density at radius 2 is 1.14 bits per heavy atom. The van der Waals surface area contributed by atoms with E-state index in [0.29, 0.717) is 47.5 Å². The summed E-state index contributed by atoms with van der Waals surface area (Å²) >= 11 is 0. The minimum Gasteiger partial charge on any atom is -0.368 e. The summed E-state index contributed by atoms with van der Waals surface area (Å²) in [5.41, 5.74) is 1.30. The van der Waals surface area contributed by atoms with Crippen molar-refractivity contribution in [2.45, 2.75) is 38.5 Å². The number of hydrogen-bond donors (Lipinski definition) is 2. The molecule has 0 radical (unpaired) electrons. The van der Waals surface area contributed by atoms with Crippen molar-refractivity contribution >= 4 is 23.1 Å². The number of nitrogens with one attached hydrogen (secondary N) is 2. The third-order valence-corrected chi connectivity index (χ3v) is 7.39. The van der Waals surface area contributed by atoms with Crippen LogP contribution in [0.1, 0.15) is 38.5 Å². The predicted octanol–water partition coefficient (Wildman–Crippen LogP) is 5.21. The van der Waals surface area contributed by atoms with Gasteiger partial charge in [0.05, 0.1) is 11.4 Å². The van der Waals surface area contributed by atoms with Crippen LogP contribution >= 0.6 is 0 Å². The third-order valence-electron chi connectivity index (χ3n) is 7.39. The Balaban J connectivity index is 1.36. The monoisotopic (exact) mass is 494 g/mol. The molecule has 4 rings (SSSR count). The van der Waals surface area contributed by atoms with Crippen molar-refractivity contribution in [2.24, 2.45) is 20.8 Å². The lowest BCUT2D eigenvalue weighted by Gasteiger charge is -2.42. The number of halogens is 2. The van der Waals surface area contributed by atoms with E-state index in [4.69, 9.17) is 0 Å². The van der Waals surface area contributed by atoms with Crippen LogP contribution in [0.5, 0.6) is 0 Å². The smallest absolute Gasteiger partial charge is 0.148 e. The summed E-state index contributed by atoms with van der Waals surface area (Å²) in [4.78, 5) is 8.26. The van der Waals surface area contributed by atoms with Gasteiger partial charge in [-0.3, -0.25) is 9.98 Å². The van der Waals surface area contributed by atoms with E-state index in [1.54, 1.807) is 14.1 Å². The molecule has 0 aliphatic heterocycles. The van der Waals surface area contributed by atoms with Gasteiger partial charge in [0.1, 0.15) is 34.7 Å². The summed E-state index contributed by atoms with van der Waals surface area (Å²) < 4.78 is 27.7. The SMILES string of the molecule is C=C(F)C(=NC)C1(CNc2ccc(-c3ccc(NCC4(C(=NC)C(=C)F)CCC4)nn3)nn2)CCC1. The lowest BCUT2D eigenvalue weighted by molar-refractivity contribution is 0.247. The Morgan fingerprint density at radius 1 is 0.750 bits per heavy atom. The average molecular weight is 495 g/mol. The van der Waals surface area contributed by atoms with Crippen LogP contribution in [0.2, 0.25) is 0 Å². The molecule has 2 aliphatic carbocycles. The van der Waals surface area contributed by atoms with E-state index in [-0.39, 0.29) is 10.8 Å². The standard InChI is InChI=1S/C26H32F2N8/c1-17(27)23(29-3)25(11-5-12-25)15-31-21-9-7-19(33-35-21)20-8-10-22(36-34-20)32-16-26(13-6-14-26)24(30-4)18(2)28/h7-10H,1-2,5-6,11-16H2,3-4H3,(H,31,35)(H,32,36). The number of aromatic nitrogens is 4. The van der Waals surface area contributed by atoms with E-state index in [1.807, 2.05) is 24.3 Å². The second-order valence-electron chi connectivity index (χ2n) is 9.54. The van der Waals surface area contributed by atoms with Gasteiger partial charge in [-0.05, 0) is 49.9 Å². The molecule has 2 aromatic heterocycles. The second-order valence-corrected chi connectivity index (χ2v) is 9.54. The van der Waals surface area contributed by atoms with Gasteiger partial charge in [0.25, 0.3) is 0 Å². The van der Waals surface area contributed by atoms with Crippen molar-refractivity contribution in [2.75, 3.05) is 37.8 Å². The van der Waals surface area contributed by atoms with Crippen molar-refractivity contribution in [3.8, 4) is 11.4 Å². The molecular formula is C26H32F2N8. The Morgan fingerprint density at radius 3 is 1.36 bits per heavy atom. The minimum absolute atomic E-state index is 0.353. The first kappa shape index (κ1) is 25.5. The Kier molecular flexibility index (Phi) is 7.51. The van der Waals surface area contributed by atoms with Crippen LogP contribution in [-0.2, 0) is 0 Å². The van der Waals surface area contributed by atoms with Crippen LogP contribution in [0, 0.1) is 10.8 Å². The zero-order chi connectivity index (χ0) is 25.8. The van der Waals surface area contributed by atoms with E-state index in [1.165, 1.54) is 0 Å². The lowest BCUT2D eigenvalue weighted by atomic mass is 9.65. The van der Waals surface area contributed by atoms with E-state index in [0.717, 1.165) is 38.5 Å². The van der Waals surface area contributed by atoms with Crippen LogP contribution in [0.4, 0.5) is 20.4 Å². The first-order valence-corrected chi connectivity index (χ1v) is 12.1. The van der Waals surface area contributed by atoms with Gasteiger partial charge in [0, 0.05) is 38.0 Å². The topological polar surface area (TPSA) is 100 Å². The normalized spacial score (nSPS) is 18.6. The van der Waals surface area contributed by atoms with Gasteiger partial charge < -0.3 is 10.6 Å². The van der Waals surface area contributed by atoms with Gasteiger partial charge in [-0.2, -0.15) is 0 Å². The molecule has 0 aromatic carbocycles. The van der Waals surface area contributed by atoms with Gasteiger partial charge >= 0.3 is 0 Å². The van der Waals surface area contributed by atoms with Gasteiger partial charge in [0.15, 0.2) is 0 Å². The molecule has 36 heavy (non-hydrogen) atoms. The Bertz CT molecular complexity index is 1070. The maximum Gasteiger partial charge on any atom is 0.148 e. The fourth-order valence-electron chi connectivity index (χ4n) is 5.14. The molecule has 0 atom stereocenters. The summed E-state index contributed by atoms with van der Waals surface area (Å²) in [6.45, 7) is 7.90. The van der Waals surface area contributed by atoms with Crippen molar-refractivity contribution in [3.05, 3.63) is 49.1 Å². The average Bonchev–Trinajstić information content (AvgIpc) is 2.82. The minimum atomic E-state index is -0.480. The predicted molar refractivity (Wildman–Crippen MR) is 140 cm³/mol. The van der Waals surface area contributed by atoms with E-state index < -0.39 is 11.7 Å². The number of nitrogens with zero attached hydrogens (tertiary/aromatic N) is 6. The van der Waals surface area contributed by atoms with Gasteiger partial charge in [-0.15, -0.1) is 20.4 Å². The molecule has 8 nitrogen and oxygen atoms in total. The molecule has 0 saturated heterocycles. The van der Waals surface area contributed by atoms with Crippen LogP contribution in [0.25, 0.3) is 11.4 Å². The molecule has 0 spiro atoms. The Labute approximate surface area is 210 Å². The molecular weight excluding hydrogens is 462 g/mol. The zero-order valence-corrected chi connectivity index (χ0v) is 20.8. The first-order valence-electron chi connectivity index (χ1n) is 12.1. The van der Waals surface area contributed by atoms with Crippen molar-refractivity contribution in [3.63, 3.8) is 0 Å². The summed E-state index contributed by atoms with van der Waals surface area (Å²) in [5.74, 6) is 0.216.